The normalized spacial score (nSPS) is 19.9. The molecule has 2 aliphatic rings. The number of anilines is 1. The topological polar surface area (TPSA) is 45.6 Å². The monoisotopic (exact) mass is 461 g/mol. The summed E-state index contributed by atoms with van der Waals surface area (Å²) in [6.45, 7) is 9.37. The van der Waals surface area contributed by atoms with Crippen molar-refractivity contribution in [1.29, 1.82) is 0 Å². The number of amides is 1. The van der Waals surface area contributed by atoms with Crippen molar-refractivity contribution in [3.05, 3.63) is 56.5 Å². The molecular weight excluding hydrogens is 443 g/mol. The van der Waals surface area contributed by atoms with E-state index in [1.807, 2.05) is 19.1 Å². The molecule has 150 valence electrons. The molecule has 5 nitrogen and oxygen atoms in total. The molecule has 3 heterocycles. The minimum atomic E-state index is -0.132. The number of thioether (sulfide) groups is 2. The molecule has 1 aromatic carbocycles. The van der Waals surface area contributed by atoms with Gasteiger partial charge in [-0.3, -0.25) is 19.1 Å². The number of thiocarbonyl (C=S) groups is 1. The summed E-state index contributed by atoms with van der Waals surface area (Å²) in [5.74, 6) is -0.132. The van der Waals surface area contributed by atoms with Crippen molar-refractivity contribution in [2.45, 2.75) is 25.3 Å². The Hall–Kier alpha value is -1.81. The van der Waals surface area contributed by atoms with Crippen LogP contribution in [0.4, 0.5) is 5.69 Å². The van der Waals surface area contributed by atoms with Crippen molar-refractivity contribution >= 4 is 72.9 Å². The van der Waals surface area contributed by atoms with Crippen LogP contribution in [0.15, 0.2) is 46.6 Å². The minimum Gasteiger partial charge on any atom is -0.334 e. The van der Waals surface area contributed by atoms with E-state index in [0.717, 1.165) is 22.2 Å². The number of rotatable bonds is 4. The molecule has 2 aromatic rings. The van der Waals surface area contributed by atoms with Crippen molar-refractivity contribution < 1.29 is 4.79 Å². The van der Waals surface area contributed by atoms with E-state index in [1.165, 1.54) is 23.1 Å². The maximum atomic E-state index is 13.4. The predicted molar refractivity (Wildman–Crippen MR) is 128 cm³/mol. The Morgan fingerprint density at radius 3 is 2.48 bits per heavy atom. The average Bonchev–Trinajstić information content (AvgIpc) is 3.33. The van der Waals surface area contributed by atoms with E-state index < -0.39 is 0 Å². The number of carbonyl (C=O) groups excluding carboxylic acids is 1. The van der Waals surface area contributed by atoms with Gasteiger partial charge in [0.2, 0.25) is 0 Å². The van der Waals surface area contributed by atoms with Crippen molar-refractivity contribution in [2.75, 3.05) is 18.0 Å². The summed E-state index contributed by atoms with van der Waals surface area (Å²) in [5.41, 5.74) is 1.01. The number of fused-ring (bicyclic) bond motifs is 1. The average molecular weight is 462 g/mol. The van der Waals surface area contributed by atoms with Gasteiger partial charge in [-0.2, -0.15) is 0 Å². The second-order valence-corrected chi connectivity index (χ2v) is 9.98. The lowest BCUT2D eigenvalue weighted by Crippen LogP contribution is -2.35. The first-order chi connectivity index (χ1) is 14.0. The largest absolute Gasteiger partial charge is 0.334 e. The Morgan fingerprint density at radius 1 is 1.10 bits per heavy atom. The van der Waals surface area contributed by atoms with Gasteiger partial charge in [-0.25, -0.2) is 0 Å². The van der Waals surface area contributed by atoms with Crippen LogP contribution >= 0.6 is 47.1 Å². The lowest BCUT2D eigenvalue weighted by molar-refractivity contribution is -0.120. The number of thiazole rings is 1. The third kappa shape index (κ3) is 3.30. The maximum absolute atomic E-state index is 13.4. The fraction of sp³-hybridized carbons (Fsp3) is 0.250. The van der Waals surface area contributed by atoms with Crippen LogP contribution in [-0.4, -0.2) is 32.8 Å². The van der Waals surface area contributed by atoms with E-state index >= 15 is 0 Å². The third-order valence-electron chi connectivity index (χ3n) is 4.67. The Kier molecular flexibility index (Phi) is 5.74. The molecule has 1 aromatic heterocycles. The third-order valence-corrected chi connectivity index (χ3v) is 8.74. The molecule has 0 unspecified atom stereocenters. The highest BCUT2D eigenvalue weighted by Crippen LogP contribution is 2.45. The first-order valence-electron chi connectivity index (χ1n) is 9.19. The van der Waals surface area contributed by atoms with E-state index in [0.29, 0.717) is 31.5 Å². The molecule has 2 aliphatic heterocycles. The SMILES string of the molecule is C=CCn1c(=O)/c(=C2/Sc3ccccc3N2CC)s/c1=C1\SC(=S)N(CC)C1=O. The zero-order chi connectivity index (χ0) is 20.7. The second kappa shape index (κ2) is 8.14. The highest BCUT2D eigenvalue weighted by atomic mass is 32.2. The standard InChI is InChI=1S/C20H19N3O2S4/c1-4-11-23-17(25)14(18-21(5-2)12-9-7-8-10-13(12)27-18)28-19(23)15-16(24)22(6-3)20(26)29-15/h4,7-10H,1,5-6,11H2,2-3H3/b18-14-,19-15-. The van der Waals surface area contributed by atoms with Gasteiger partial charge in [-0.1, -0.05) is 54.0 Å². The number of nitrogens with zero attached hydrogens (tertiary/aromatic N) is 3. The fourth-order valence-corrected chi connectivity index (χ4v) is 7.37. The molecule has 9 heteroatoms. The molecule has 0 spiro atoms. The number of carbonyl (C=O) groups is 1. The van der Waals surface area contributed by atoms with Crippen LogP contribution in [-0.2, 0) is 11.3 Å². The van der Waals surface area contributed by atoms with Gasteiger partial charge in [0.05, 0.1) is 5.69 Å². The van der Waals surface area contributed by atoms with Gasteiger partial charge in [0.1, 0.15) is 23.4 Å². The van der Waals surface area contributed by atoms with Crippen LogP contribution < -0.4 is 19.7 Å². The van der Waals surface area contributed by atoms with E-state index in [9.17, 15) is 9.59 Å². The minimum absolute atomic E-state index is 0.0968. The molecule has 0 atom stereocenters. The number of para-hydroxylation sites is 1. The molecule has 0 radical (unpaired) electrons. The van der Waals surface area contributed by atoms with E-state index in [1.54, 1.807) is 27.3 Å². The smallest absolute Gasteiger partial charge is 0.272 e. The second-order valence-electron chi connectivity index (χ2n) is 6.31. The fourth-order valence-electron chi connectivity index (χ4n) is 3.33. The van der Waals surface area contributed by atoms with Crippen molar-refractivity contribution in [3.8, 4) is 0 Å². The van der Waals surface area contributed by atoms with Crippen LogP contribution in [0.1, 0.15) is 13.8 Å². The van der Waals surface area contributed by atoms with Crippen LogP contribution in [0.5, 0.6) is 0 Å². The molecular formula is C20H19N3O2S4. The summed E-state index contributed by atoms with van der Waals surface area (Å²) >= 11 is 9.60. The zero-order valence-corrected chi connectivity index (χ0v) is 19.3. The van der Waals surface area contributed by atoms with E-state index in [4.69, 9.17) is 12.2 Å². The Balaban J connectivity index is 2.01. The van der Waals surface area contributed by atoms with E-state index in [-0.39, 0.29) is 11.5 Å². The number of benzene rings is 1. The van der Waals surface area contributed by atoms with Gasteiger partial charge in [-0.05, 0) is 26.0 Å². The highest BCUT2D eigenvalue weighted by molar-refractivity contribution is 8.30. The van der Waals surface area contributed by atoms with Gasteiger partial charge >= 0.3 is 0 Å². The Bertz CT molecular complexity index is 1210. The summed E-state index contributed by atoms with van der Waals surface area (Å²) in [4.78, 5) is 31.6. The van der Waals surface area contributed by atoms with Gasteiger partial charge < -0.3 is 4.90 Å². The summed E-state index contributed by atoms with van der Waals surface area (Å²) in [6, 6.07) is 8.14. The molecule has 1 amide bonds. The number of allylic oxidation sites excluding steroid dienone is 1. The van der Waals surface area contributed by atoms with Crippen LogP contribution in [0.2, 0.25) is 0 Å². The van der Waals surface area contributed by atoms with Gasteiger partial charge in [0, 0.05) is 24.5 Å². The van der Waals surface area contributed by atoms with Crippen molar-refractivity contribution in [2.24, 2.45) is 0 Å². The molecule has 29 heavy (non-hydrogen) atoms. The highest BCUT2D eigenvalue weighted by Gasteiger charge is 2.33. The van der Waals surface area contributed by atoms with Gasteiger partial charge in [0.25, 0.3) is 11.5 Å². The first-order valence-corrected chi connectivity index (χ1v) is 12.0. The predicted octanol–water partition coefficient (Wildman–Crippen LogP) is 2.78. The van der Waals surface area contributed by atoms with Crippen LogP contribution in [0.25, 0.3) is 9.93 Å². The molecule has 0 N–H and O–H groups in total. The van der Waals surface area contributed by atoms with Gasteiger partial charge in [0.15, 0.2) is 0 Å². The summed E-state index contributed by atoms with van der Waals surface area (Å²) in [7, 11) is 0. The molecule has 0 aliphatic carbocycles. The van der Waals surface area contributed by atoms with E-state index in [2.05, 4.69) is 30.5 Å². The molecule has 0 saturated carbocycles. The summed E-state index contributed by atoms with van der Waals surface area (Å²) in [6.07, 6.45) is 1.68. The molecule has 1 saturated heterocycles. The quantitative estimate of drug-likeness (QED) is 0.515. The molecule has 0 bridgehead atoms. The first kappa shape index (κ1) is 20.5. The van der Waals surface area contributed by atoms with Crippen LogP contribution in [0.3, 0.4) is 0 Å². The lowest BCUT2D eigenvalue weighted by atomic mass is 10.3. The molecule has 4 rings (SSSR count). The Morgan fingerprint density at radius 2 is 1.83 bits per heavy atom. The maximum Gasteiger partial charge on any atom is 0.272 e. The molecule has 1 fully saturated rings. The summed E-state index contributed by atoms with van der Waals surface area (Å²) in [5, 5.41) is 0.915. The van der Waals surface area contributed by atoms with Crippen molar-refractivity contribution in [1.82, 2.24) is 9.47 Å². The lowest BCUT2D eigenvalue weighted by Gasteiger charge is -2.16. The summed E-state index contributed by atoms with van der Waals surface area (Å²) < 4.78 is 3.47. The number of hydrogen-bond acceptors (Lipinski definition) is 7. The number of aromatic nitrogens is 1. The van der Waals surface area contributed by atoms with Gasteiger partial charge in [-0.15, -0.1) is 17.9 Å². The Labute approximate surface area is 186 Å². The zero-order valence-electron chi connectivity index (χ0n) is 16.0. The number of hydrogen-bond donors (Lipinski definition) is 0. The van der Waals surface area contributed by atoms with Crippen molar-refractivity contribution in [3.63, 3.8) is 0 Å². The van der Waals surface area contributed by atoms with Crippen LogP contribution in [0, 0.1) is 0 Å².